The fraction of sp³-hybridized carbons (Fsp3) is 0.350. The van der Waals surface area contributed by atoms with E-state index in [1.165, 1.54) is 6.07 Å². The van der Waals surface area contributed by atoms with Gasteiger partial charge in [0.2, 0.25) is 5.91 Å². The van der Waals surface area contributed by atoms with Crippen molar-refractivity contribution >= 4 is 5.91 Å². The predicted octanol–water partition coefficient (Wildman–Crippen LogP) is 3.57. The Hall–Kier alpha value is -2.36. The maximum absolute atomic E-state index is 14.1. The van der Waals surface area contributed by atoms with E-state index in [0.717, 1.165) is 30.6 Å². The zero-order valence-corrected chi connectivity index (χ0v) is 14.1. The van der Waals surface area contributed by atoms with Gasteiger partial charge in [-0.1, -0.05) is 30.3 Å². The van der Waals surface area contributed by atoms with Crippen molar-refractivity contribution < 1.29 is 13.9 Å². The molecule has 0 atom stereocenters. The van der Waals surface area contributed by atoms with Gasteiger partial charge < -0.3 is 9.64 Å². The molecule has 1 saturated carbocycles. The first kappa shape index (κ1) is 16.5. The maximum Gasteiger partial charge on any atom is 0.233 e. The van der Waals surface area contributed by atoms with Crippen LogP contribution in [-0.2, 0) is 16.6 Å². The lowest BCUT2D eigenvalue weighted by atomic mass is 9.93. The van der Waals surface area contributed by atoms with Gasteiger partial charge in [-0.25, -0.2) is 4.39 Å². The molecular formula is C20H22FNO2. The molecule has 1 aliphatic carbocycles. The Bertz CT molecular complexity index is 723. The largest absolute Gasteiger partial charge is 0.497 e. The first-order chi connectivity index (χ1) is 11.6. The summed E-state index contributed by atoms with van der Waals surface area (Å²) in [5, 5.41) is 0. The van der Waals surface area contributed by atoms with E-state index in [1.54, 1.807) is 37.3 Å². The third-order valence-corrected chi connectivity index (χ3v) is 4.79. The van der Waals surface area contributed by atoms with Crippen LogP contribution in [0, 0.1) is 5.82 Å². The fourth-order valence-electron chi connectivity index (χ4n) is 3.13. The van der Waals surface area contributed by atoms with Crippen molar-refractivity contribution in [3.63, 3.8) is 0 Å². The van der Waals surface area contributed by atoms with Gasteiger partial charge in [-0.15, -0.1) is 0 Å². The topological polar surface area (TPSA) is 29.5 Å². The second-order valence-corrected chi connectivity index (χ2v) is 6.39. The molecule has 0 aliphatic heterocycles. The molecule has 0 spiro atoms. The van der Waals surface area contributed by atoms with Crippen LogP contribution in [0.3, 0.4) is 0 Å². The van der Waals surface area contributed by atoms with Gasteiger partial charge in [-0.05, 0) is 43.0 Å². The third kappa shape index (κ3) is 3.14. The van der Waals surface area contributed by atoms with Gasteiger partial charge >= 0.3 is 0 Å². The Labute approximate surface area is 142 Å². The molecule has 3 nitrogen and oxygen atoms in total. The Morgan fingerprint density at radius 2 is 1.83 bits per heavy atom. The lowest BCUT2D eigenvalue weighted by Crippen LogP contribution is -2.38. The van der Waals surface area contributed by atoms with E-state index < -0.39 is 5.41 Å². The molecule has 3 rings (SSSR count). The summed E-state index contributed by atoms with van der Waals surface area (Å²) in [6.45, 7) is 0.612. The highest BCUT2D eigenvalue weighted by Gasteiger charge is 2.53. The van der Waals surface area contributed by atoms with Gasteiger partial charge in [0, 0.05) is 19.2 Å². The van der Waals surface area contributed by atoms with E-state index in [1.807, 2.05) is 24.3 Å². The molecular weight excluding hydrogens is 305 g/mol. The number of hydrogen-bond donors (Lipinski definition) is 0. The van der Waals surface area contributed by atoms with Crippen LogP contribution in [0.25, 0.3) is 0 Å². The number of likely N-dealkylation sites (N-methyl/N-ethyl adjacent to an activating group) is 1. The van der Waals surface area contributed by atoms with Crippen LogP contribution < -0.4 is 4.74 Å². The number of benzene rings is 2. The number of amides is 1. The minimum atomic E-state index is -0.653. The van der Waals surface area contributed by atoms with Gasteiger partial charge in [0.05, 0.1) is 12.5 Å². The Morgan fingerprint density at radius 3 is 2.42 bits per heavy atom. The van der Waals surface area contributed by atoms with Crippen LogP contribution in [0.5, 0.6) is 5.75 Å². The normalized spacial score (nSPS) is 15.0. The average Bonchev–Trinajstić information content (AvgIpc) is 3.41. The van der Waals surface area contributed by atoms with E-state index in [9.17, 15) is 9.18 Å². The molecule has 1 fully saturated rings. The quantitative estimate of drug-likeness (QED) is 0.812. The lowest BCUT2D eigenvalue weighted by Gasteiger charge is -2.24. The average molecular weight is 327 g/mol. The zero-order valence-electron chi connectivity index (χ0n) is 14.1. The van der Waals surface area contributed by atoms with Crippen molar-refractivity contribution in [2.45, 2.75) is 24.7 Å². The molecule has 0 bridgehead atoms. The van der Waals surface area contributed by atoms with E-state index in [4.69, 9.17) is 4.74 Å². The fourth-order valence-corrected chi connectivity index (χ4v) is 3.13. The summed E-state index contributed by atoms with van der Waals surface area (Å²) in [5.74, 6) is 0.549. The summed E-state index contributed by atoms with van der Waals surface area (Å²) in [6, 6.07) is 14.5. The smallest absolute Gasteiger partial charge is 0.233 e. The Kier molecular flexibility index (Phi) is 4.56. The van der Waals surface area contributed by atoms with Crippen LogP contribution >= 0.6 is 0 Å². The highest BCUT2D eigenvalue weighted by Crippen LogP contribution is 2.50. The molecule has 126 valence electrons. The second kappa shape index (κ2) is 6.63. The lowest BCUT2D eigenvalue weighted by molar-refractivity contribution is -0.132. The van der Waals surface area contributed by atoms with Crippen LogP contribution in [0.4, 0.5) is 4.39 Å². The van der Waals surface area contributed by atoms with Crippen molar-refractivity contribution in [1.29, 1.82) is 0 Å². The summed E-state index contributed by atoms with van der Waals surface area (Å²) in [6.07, 6.45) is 2.21. The minimum Gasteiger partial charge on any atom is -0.497 e. The summed E-state index contributed by atoms with van der Waals surface area (Å²) >= 11 is 0. The molecule has 2 aromatic rings. The van der Waals surface area contributed by atoms with Crippen LogP contribution in [0.15, 0.2) is 48.5 Å². The van der Waals surface area contributed by atoms with Gasteiger partial charge in [-0.2, -0.15) is 0 Å². The molecule has 0 aromatic heterocycles. The SMILES string of the molecule is COc1ccc(CCN(C)C(=O)C2(c3ccccc3F)CC2)cc1. The zero-order chi connectivity index (χ0) is 17.2. The molecule has 4 heteroatoms. The summed E-state index contributed by atoms with van der Waals surface area (Å²) in [5.41, 5.74) is 1.03. The Morgan fingerprint density at radius 1 is 1.17 bits per heavy atom. The van der Waals surface area contributed by atoms with E-state index in [2.05, 4.69) is 0 Å². The third-order valence-electron chi connectivity index (χ3n) is 4.79. The highest BCUT2D eigenvalue weighted by molar-refractivity contribution is 5.91. The minimum absolute atomic E-state index is 0.0149. The van der Waals surface area contributed by atoms with E-state index >= 15 is 0 Å². The van der Waals surface area contributed by atoms with Gasteiger partial charge in [0.1, 0.15) is 11.6 Å². The van der Waals surface area contributed by atoms with Crippen molar-refractivity contribution in [3.05, 3.63) is 65.5 Å². The van der Waals surface area contributed by atoms with Crippen molar-refractivity contribution in [3.8, 4) is 5.75 Å². The summed E-state index contributed by atoms with van der Waals surface area (Å²) in [4.78, 5) is 14.6. The summed E-state index contributed by atoms with van der Waals surface area (Å²) in [7, 11) is 3.44. The molecule has 2 aromatic carbocycles. The number of nitrogens with zero attached hydrogens (tertiary/aromatic N) is 1. The van der Waals surface area contributed by atoms with Crippen LogP contribution in [0.2, 0.25) is 0 Å². The Balaban J connectivity index is 1.65. The first-order valence-corrected chi connectivity index (χ1v) is 8.20. The number of halogens is 1. The molecule has 24 heavy (non-hydrogen) atoms. The van der Waals surface area contributed by atoms with Crippen molar-refractivity contribution in [1.82, 2.24) is 4.90 Å². The molecule has 0 saturated heterocycles. The van der Waals surface area contributed by atoms with Crippen LogP contribution in [0.1, 0.15) is 24.0 Å². The predicted molar refractivity (Wildman–Crippen MR) is 91.6 cm³/mol. The first-order valence-electron chi connectivity index (χ1n) is 8.20. The molecule has 0 N–H and O–H groups in total. The number of hydrogen-bond acceptors (Lipinski definition) is 2. The number of carbonyl (C=O) groups is 1. The van der Waals surface area contributed by atoms with Gasteiger partial charge in [0.15, 0.2) is 0 Å². The maximum atomic E-state index is 14.1. The molecule has 0 heterocycles. The molecule has 0 radical (unpaired) electrons. The molecule has 0 unspecified atom stereocenters. The van der Waals surface area contributed by atoms with E-state index in [0.29, 0.717) is 12.1 Å². The molecule has 1 amide bonds. The number of carbonyl (C=O) groups excluding carboxylic acids is 1. The number of rotatable bonds is 6. The van der Waals surface area contributed by atoms with Crippen molar-refractivity contribution in [2.75, 3.05) is 20.7 Å². The highest BCUT2D eigenvalue weighted by atomic mass is 19.1. The number of ether oxygens (including phenoxy) is 1. The summed E-state index contributed by atoms with van der Waals surface area (Å²) < 4.78 is 19.2. The monoisotopic (exact) mass is 327 g/mol. The van der Waals surface area contributed by atoms with Gasteiger partial charge in [0.25, 0.3) is 0 Å². The number of methoxy groups -OCH3 is 1. The van der Waals surface area contributed by atoms with Crippen LogP contribution in [-0.4, -0.2) is 31.5 Å². The van der Waals surface area contributed by atoms with E-state index in [-0.39, 0.29) is 11.7 Å². The molecule has 1 aliphatic rings. The standard InChI is InChI=1S/C20H22FNO2/c1-22(14-11-15-7-9-16(24-2)10-8-15)19(23)20(12-13-20)17-5-3-4-6-18(17)21/h3-10H,11-14H2,1-2H3. The van der Waals surface area contributed by atoms with Gasteiger partial charge in [-0.3, -0.25) is 4.79 Å². The second-order valence-electron chi connectivity index (χ2n) is 6.39. The van der Waals surface area contributed by atoms with Crippen molar-refractivity contribution in [2.24, 2.45) is 0 Å².